The van der Waals surface area contributed by atoms with Crippen LogP contribution in [-0.2, 0) is 13.8 Å². The maximum Gasteiger partial charge on any atom is 0.368 e. The molecule has 2 aromatic heterocycles. The summed E-state index contributed by atoms with van der Waals surface area (Å²) in [5, 5.41) is 9.63. The fourth-order valence-electron chi connectivity index (χ4n) is 2.30. The van der Waals surface area contributed by atoms with Gasteiger partial charge in [-0.3, -0.25) is 9.46 Å². The Hall–Kier alpha value is -1.71. The number of rotatable bonds is 4. The summed E-state index contributed by atoms with van der Waals surface area (Å²) in [6.45, 7) is 0. The Morgan fingerprint density at radius 3 is 3.05 bits per heavy atom. The van der Waals surface area contributed by atoms with Crippen molar-refractivity contribution >= 4 is 25.2 Å². The summed E-state index contributed by atoms with van der Waals surface area (Å²) in [7, 11) is -2.88. The van der Waals surface area contributed by atoms with Crippen LogP contribution in [-0.4, -0.2) is 41.9 Å². The van der Waals surface area contributed by atoms with Crippen molar-refractivity contribution in [3.8, 4) is 0 Å². The van der Waals surface area contributed by atoms with Gasteiger partial charge in [0.2, 0.25) is 0 Å². The molecule has 1 fully saturated rings. The first kappa shape index (κ1) is 14.2. The van der Waals surface area contributed by atoms with E-state index in [1.54, 1.807) is 4.57 Å². The third-order valence-electron chi connectivity index (χ3n) is 3.24. The number of aromatic nitrogens is 4. The van der Waals surface area contributed by atoms with Crippen molar-refractivity contribution in [2.45, 2.75) is 31.5 Å². The smallest absolute Gasteiger partial charge is 0.368 e. The number of fused-ring (bicyclic) bond motifs is 1. The van der Waals surface area contributed by atoms with Crippen LogP contribution in [0.3, 0.4) is 0 Å². The average molecular weight is 314 g/mol. The van der Waals surface area contributed by atoms with Crippen LogP contribution in [0.15, 0.2) is 12.7 Å². The largest absolute Gasteiger partial charge is 0.382 e. The molecule has 4 N–H and O–H groups in total. The molecule has 1 aliphatic heterocycles. The Balaban J connectivity index is 1.79. The minimum Gasteiger partial charge on any atom is -0.382 e. The van der Waals surface area contributed by atoms with Crippen LogP contribution in [0.1, 0.15) is 19.1 Å². The molecule has 2 aromatic rings. The summed E-state index contributed by atoms with van der Waals surface area (Å²) < 4.78 is 22.3. The van der Waals surface area contributed by atoms with Crippen LogP contribution in [0.4, 0.5) is 5.82 Å². The monoisotopic (exact) mass is 314 g/mol. The van der Waals surface area contributed by atoms with Gasteiger partial charge in [0.15, 0.2) is 17.8 Å². The van der Waals surface area contributed by atoms with Gasteiger partial charge in [0.25, 0.3) is 0 Å². The fourth-order valence-corrected chi connectivity index (χ4v) is 2.62. The standard InChI is InChI=1S/C10H13N5O5P/c11-8-7-9(13-3-12-8)15(4-14-7)6-2-1-5(19-6)10(16)20-21(17)18/h3-6,10,16H,1-2H2,(H,17,18)(H2,11,12,13)/t5-,6+,10?/m0/s1. The highest BCUT2D eigenvalue weighted by Gasteiger charge is 2.34. The normalized spacial score (nSPS) is 24.4. The van der Waals surface area contributed by atoms with E-state index in [9.17, 15) is 9.67 Å². The molecule has 4 atom stereocenters. The van der Waals surface area contributed by atoms with E-state index in [0.717, 1.165) is 0 Å². The lowest BCUT2D eigenvalue weighted by Gasteiger charge is -2.18. The van der Waals surface area contributed by atoms with Gasteiger partial charge in [0, 0.05) is 0 Å². The maximum absolute atomic E-state index is 10.6. The van der Waals surface area contributed by atoms with Gasteiger partial charge in [0.05, 0.1) is 6.33 Å². The van der Waals surface area contributed by atoms with Crippen molar-refractivity contribution in [1.29, 1.82) is 0 Å². The first-order chi connectivity index (χ1) is 10.1. The van der Waals surface area contributed by atoms with Crippen molar-refractivity contribution in [3.05, 3.63) is 12.7 Å². The van der Waals surface area contributed by atoms with Crippen LogP contribution in [0.25, 0.3) is 11.2 Å². The molecule has 0 bridgehead atoms. The number of nitrogens with two attached hydrogens (primary N) is 1. The second kappa shape index (κ2) is 5.58. The molecule has 113 valence electrons. The van der Waals surface area contributed by atoms with E-state index >= 15 is 0 Å². The van der Waals surface area contributed by atoms with Gasteiger partial charge in [-0.15, -0.1) is 0 Å². The molecule has 1 aliphatic rings. The minimum absolute atomic E-state index is 0.272. The first-order valence-electron chi connectivity index (χ1n) is 6.15. The number of imidazole rings is 1. The topological polar surface area (TPSA) is 146 Å². The number of nitrogen functional groups attached to an aromatic ring is 1. The minimum atomic E-state index is -2.88. The summed E-state index contributed by atoms with van der Waals surface area (Å²) in [5.74, 6) is 0.272. The summed E-state index contributed by atoms with van der Waals surface area (Å²) >= 11 is 0. The van der Waals surface area contributed by atoms with Crippen LogP contribution in [0.5, 0.6) is 0 Å². The zero-order valence-electron chi connectivity index (χ0n) is 10.7. The third-order valence-corrected chi connectivity index (χ3v) is 3.64. The van der Waals surface area contributed by atoms with Crippen molar-refractivity contribution in [2.24, 2.45) is 0 Å². The van der Waals surface area contributed by atoms with Gasteiger partial charge >= 0.3 is 8.25 Å². The number of aliphatic hydroxyl groups excluding tert-OH is 1. The van der Waals surface area contributed by atoms with Gasteiger partial charge in [-0.05, 0) is 12.8 Å². The summed E-state index contributed by atoms with van der Waals surface area (Å²) in [6.07, 6.45) is 1.33. The molecule has 0 aliphatic carbocycles. The Kier molecular flexibility index (Phi) is 3.79. The summed E-state index contributed by atoms with van der Waals surface area (Å²) in [6, 6.07) is 0. The molecule has 10 nitrogen and oxygen atoms in total. The molecule has 0 amide bonds. The van der Waals surface area contributed by atoms with E-state index in [0.29, 0.717) is 24.0 Å². The molecule has 3 rings (SSSR count). The van der Waals surface area contributed by atoms with Crippen molar-refractivity contribution in [2.75, 3.05) is 5.73 Å². The van der Waals surface area contributed by atoms with Gasteiger partial charge in [-0.25, -0.2) is 24.0 Å². The lowest BCUT2D eigenvalue weighted by molar-refractivity contribution is -0.136. The average Bonchev–Trinajstić information content (AvgIpc) is 3.04. The summed E-state index contributed by atoms with van der Waals surface area (Å²) in [5.41, 5.74) is 6.71. The predicted octanol–water partition coefficient (Wildman–Crippen LogP) is 0.0708. The third kappa shape index (κ3) is 2.71. The van der Waals surface area contributed by atoms with Crippen molar-refractivity contribution < 1.29 is 23.8 Å². The Labute approximate surface area is 119 Å². The number of hydrogen-bond acceptors (Lipinski definition) is 8. The van der Waals surface area contributed by atoms with E-state index in [1.165, 1.54) is 12.7 Å². The van der Waals surface area contributed by atoms with Gasteiger partial charge in [-0.2, -0.15) is 0 Å². The molecule has 0 aromatic carbocycles. The lowest BCUT2D eigenvalue weighted by Crippen LogP contribution is -2.26. The highest BCUT2D eigenvalue weighted by molar-refractivity contribution is 7.32. The van der Waals surface area contributed by atoms with Gasteiger partial charge < -0.3 is 15.6 Å². The predicted molar refractivity (Wildman–Crippen MR) is 69.8 cm³/mol. The maximum atomic E-state index is 10.6. The molecule has 1 radical (unpaired) electrons. The molecule has 3 heterocycles. The van der Waals surface area contributed by atoms with E-state index in [-0.39, 0.29) is 5.82 Å². The molecule has 2 unspecified atom stereocenters. The van der Waals surface area contributed by atoms with E-state index in [1.807, 2.05) is 0 Å². The SMILES string of the molecule is Nc1ncnc2c1ncn2[C@H]1CC[C@@H](C(O)O[P](=O)O)O1. The Morgan fingerprint density at radius 2 is 2.29 bits per heavy atom. The molecule has 21 heavy (non-hydrogen) atoms. The van der Waals surface area contributed by atoms with Crippen molar-refractivity contribution in [1.82, 2.24) is 19.5 Å². The molecule has 1 saturated heterocycles. The molecule has 0 saturated carbocycles. The van der Waals surface area contributed by atoms with Crippen molar-refractivity contribution in [3.63, 3.8) is 0 Å². The molecular formula is C10H13N5O5P. The number of nitrogens with zero attached hydrogens (tertiary/aromatic N) is 4. The number of ether oxygens (including phenoxy) is 1. The molecule has 0 spiro atoms. The zero-order valence-corrected chi connectivity index (χ0v) is 11.6. The van der Waals surface area contributed by atoms with E-state index < -0.39 is 26.9 Å². The Morgan fingerprint density at radius 1 is 1.48 bits per heavy atom. The van der Waals surface area contributed by atoms with Crippen LogP contribution in [0.2, 0.25) is 0 Å². The highest BCUT2D eigenvalue weighted by atomic mass is 31.1. The quantitative estimate of drug-likeness (QED) is 0.527. The van der Waals surface area contributed by atoms with Crippen LogP contribution < -0.4 is 5.73 Å². The second-order valence-corrected chi connectivity index (χ2v) is 5.21. The summed E-state index contributed by atoms with van der Waals surface area (Å²) in [4.78, 5) is 20.7. The molecular weight excluding hydrogens is 301 g/mol. The number of hydrogen-bond donors (Lipinski definition) is 3. The lowest BCUT2D eigenvalue weighted by atomic mass is 10.2. The number of anilines is 1. The van der Waals surface area contributed by atoms with E-state index in [4.69, 9.17) is 15.4 Å². The first-order valence-corrected chi connectivity index (χ1v) is 7.28. The number of aliphatic hydroxyl groups is 1. The highest BCUT2D eigenvalue weighted by Crippen LogP contribution is 2.34. The van der Waals surface area contributed by atoms with E-state index in [2.05, 4.69) is 19.5 Å². The van der Waals surface area contributed by atoms with Gasteiger partial charge in [-0.1, -0.05) is 0 Å². The van der Waals surface area contributed by atoms with Gasteiger partial charge in [0.1, 0.15) is 24.2 Å². The zero-order chi connectivity index (χ0) is 15.0. The second-order valence-electron chi connectivity index (χ2n) is 4.52. The molecule has 11 heteroatoms. The van der Waals surface area contributed by atoms with Crippen LogP contribution in [0, 0.1) is 0 Å². The Bertz CT molecular complexity index is 679. The fraction of sp³-hybridized carbons (Fsp3) is 0.500. The van der Waals surface area contributed by atoms with Crippen LogP contribution >= 0.6 is 8.25 Å².